The zero-order chi connectivity index (χ0) is 10.8. The molecule has 0 radical (unpaired) electrons. The second-order valence-corrected chi connectivity index (χ2v) is 5.03. The standard InChI is InChI=1S/C10H11FO2S/c1-8(7-14(2,12)13)9-3-5-10(11)6-4-9/h3-7H,1-2H3/b8-7+. The second-order valence-electron chi connectivity index (χ2n) is 3.14. The molecule has 0 saturated heterocycles. The molecule has 0 bridgehead atoms. The monoisotopic (exact) mass is 214 g/mol. The summed E-state index contributed by atoms with van der Waals surface area (Å²) in [6.45, 7) is 1.67. The highest BCUT2D eigenvalue weighted by Crippen LogP contribution is 2.15. The Morgan fingerprint density at radius 2 is 1.79 bits per heavy atom. The van der Waals surface area contributed by atoms with E-state index in [0.29, 0.717) is 11.1 Å². The first-order chi connectivity index (χ1) is 6.38. The molecule has 0 N–H and O–H groups in total. The predicted octanol–water partition coefficient (Wildman–Crippen LogP) is 2.23. The lowest BCUT2D eigenvalue weighted by Gasteiger charge is -2.00. The van der Waals surface area contributed by atoms with Gasteiger partial charge in [-0.05, 0) is 30.2 Å². The summed E-state index contributed by atoms with van der Waals surface area (Å²) < 4.78 is 34.4. The van der Waals surface area contributed by atoms with Crippen molar-refractivity contribution in [3.8, 4) is 0 Å². The molecule has 14 heavy (non-hydrogen) atoms. The summed E-state index contributed by atoms with van der Waals surface area (Å²) in [5, 5.41) is 1.17. The highest BCUT2D eigenvalue weighted by Gasteiger charge is 2.00. The average Bonchev–Trinajstić information content (AvgIpc) is 2.02. The number of hydrogen-bond donors (Lipinski definition) is 0. The Morgan fingerprint density at radius 3 is 2.21 bits per heavy atom. The van der Waals surface area contributed by atoms with Gasteiger partial charge >= 0.3 is 0 Å². The molecule has 2 nitrogen and oxygen atoms in total. The number of sulfone groups is 1. The van der Waals surface area contributed by atoms with Gasteiger partial charge in [0.15, 0.2) is 9.84 Å². The van der Waals surface area contributed by atoms with E-state index in [-0.39, 0.29) is 5.82 Å². The molecular formula is C10H11FO2S. The number of rotatable bonds is 2. The van der Waals surface area contributed by atoms with Crippen molar-refractivity contribution in [3.63, 3.8) is 0 Å². The lowest BCUT2D eigenvalue weighted by atomic mass is 10.1. The molecule has 1 rings (SSSR count). The molecule has 1 aromatic rings. The largest absolute Gasteiger partial charge is 0.225 e. The van der Waals surface area contributed by atoms with Crippen LogP contribution in [0.1, 0.15) is 12.5 Å². The van der Waals surface area contributed by atoms with E-state index in [4.69, 9.17) is 0 Å². The first-order valence-electron chi connectivity index (χ1n) is 4.03. The number of hydrogen-bond acceptors (Lipinski definition) is 2. The van der Waals surface area contributed by atoms with Gasteiger partial charge in [-0.1, -0.05) is 12.1 Å². The van der Waals surface area contributed by atoms with E-state index in [1.54, 1.807) is 19.1 Å². The van der Waals surface area contributed by atoms with Gasteiger partial charge in [0.05, 0.1) is 0 Å². The lowest BCUT2D eigenvalue weighted by Crippen LogP contribution is -1.91. The van der Waals surface area contributed by atoms with Crippen LogP contribution >= 0.6 is 0 Å². The van der Waals surface area contributed by atoms with E-state index in [9.17, 15) is 12.8 Å². The molecule has 0 aliphatic carbocycles. The zero-order valence-corrected chi connectivity index (χ0v) is 8.81. The molecule has 0 heterocycles. The predicted molar refractivity (Wildman–Crippen MR) is 54.9 cm³/mol. The van der Waals surface area contributed by atoms with Crippen LogP contribution in [0.15, 0.2) is 29.7 Å². The fourth-order valence-corrected chi connectivity index (χ4v) is 1.88. The zero-order valence-electron chi connectivity index (χ0n) is 7.99. The maximum absolute atomic E-state index is 12.6. The van der Waals surface area contributed by atoms with Gasteiger partial charge in [-0.25, -0.2) is 12.8 Å². The molecule has 0 spiro atoms. The van der Waals surface area contributed by atoms with E-state index in [1.165, 1.54) is 17.5 Å². The van der Waals surface area contributed by atoms with Crippen molar-refractivity contribution in [2.75, 3.05) is 6.26 Å². The van der Waals surface area contributed by atoms with E-state index >= 15 is 0 Å². The molecule has 0 amide bonds. The van der Waals surface area contributed by atoms with Gasteiger partial charge in [-0.2, -0.15) is 0 Å². The van der Waals surface area contributed by atoms with Crippen molar-refractivity contribution in [1.82, 2.24) is 0 Å². The van der Waals surface area contributed by atoms with Gasteiger partial charge < -0.3 is 0 Å². The van der Waals surface area contributed by atoms with Gasteiger partial charge in [-0.15, -0.1) is 0 Å². The van der Waals surface area contributed by atoms with Crippen molar-refractivity contribution >= 4 is 15.4 Å². The third kappa shape index (κ3) is 3.30. The van der Waals surface area contributed by atoms with Crippen LogP contribution in [0.5, 0.6) is 0 Å². The fraction of sp³-hybridized carbons (Fsp3) is 0.200. The summed E-state index contributed by atoms with van der Waals surface area (Å²) in [5.41, 5.74) is 1.31. The summed E-state index contributed by atoms with van der Waals surface area (Å²) in [5.74, 6) is -0.332. The molecule has 1 aromatic carbocycles. The Morgan fingerprint density at radius 1 is 1.29 bits per heavy atom. The van der Waals surface area contributed by atoms with Crippen LogP contribution in [-0.4, -0.2) is 14.7 Å². The Labute approximate surface area is 83.0 Å². The quantitative estimate of drug-likeness (QED) is 0.756. The van der Waals surface area contributed by atoms with Crippen LogP contribution in [0.2, 0.25) is 0 Å². The van der Waals surface area contributed by atoms with E-state index < -0.39 is 9.84 Å². The van der Waals surface area contributed by atoms with Gasteiger partial charge in [-0.3, -0.25) is 0 Å². The second kappa shape index (κ2) is 3.92. The smallest absolute Gasteiger partial charge is 0.169 e. The molecule has 0 atom stereocenters. The molecule has 0 unspecified atom stereocenters. The molecule has 0 aliphatic rings. The summed E-state index contributed by atoms with van der Waals surface area (Å²) in [6, 6.07) is 5.70. The Kier molecular flexibility index (Phi) is 3.06. The summed E-state index contributed by atoms with van der Waals surface area (Å²) in [7, 11) is -3.14. The third-order valence-electron chi connectivity index (χ3n) is 1.69. The van der Waals surface area contributed by atoms with Gasteiger partial charge in [0.1, 0.15) is 5.82 Å². The topological polar surface area (TPSA) is 34.1 Å². The van der Waals surface area contributed by atoms with Crippen LogP contribution in [0, 0.1) is 5.82 Å². The minimum Gasteiger partial charge on any atom is -0.225 e. The molecule has 0 aliphatic heterocycles. The van der Waals surface area contributed by atoms with Crippen LogP contribution < -0.4 is 0 Å². The molecular weight excluding hydrogens is 203 g/mol. The first-order valence-corrected chi connectivity index (χ1v) is 5.98. The Balaban J connectivity index is 3.07. The summed E-state index contributed by atoms with van der Waals surface area (Å²) >= 11 is 0. The van der Waals surface area contributed by atoms with E-state index in [2.05, 4.69) is 0 Å². The summed E-state index contributed by atoms with van der Waals surface area (Å²) in [6.07, 6.45) is 1.13. The van der Waals surface area contributed by atoms with Crippen LogP contribution in [0.25, 0.3) is 5.57 Å². The molecule has 0 aromatic heterocycles. The van der Waals surface area contributed by atoms with Gasteiger partial charge in [0, 0.05) is 11.7 Å². The number of allylic oxidation sites excluding steroid dienone is 1. The molecule has 76 valence electrons. The van der Waals surface area contributed by atoms with Crippen molar-refractivity contribution < 1.29 is 12.8 Å². The minimum absolute atomic E-state index is 0.332. The van der Waals surface area contributed by atoms with Crippen molar-refractivity contribution in [2.45, 2.75) is 6.92 Å². The summed E-state index contributed by atoms with van der Waals surface area (Å²) in [4.78, 5) is 0. The van der Waals surface area contributed by atoms with Gasteiger partial charge in [0.2, 0.25) is 0 Å². The maximum atomic E-state index is 12.6. The van der Waals surface area contributed by atoms with Crippen molar-refractivity contribution in [3.05, 3.63) is 41.1 Å². The van der Waals surface area contributed by atoms with Crippen LogP contribution in [-0.2, 0) is 9.84 Å². The van der Waals surface area contributed by atoms with Gasteiger partial charge in [0.25, 0.3) is 0 Å². The molecule has 4 heteroatoms. The highest BCUT2D eigenvalue weighted by atomic mass is 32.2. The third-order valence-corrected chi connectivity index (χ3v) is 2.47. The molecule has 0 fully saturated rings. The normalized spacial score (nSPS) is 12.9. The SMILES string of the molecule is C/C(=C\S(C)(=O)=O)c1ccc(F)cc1. The Hall–Kier alpha value is -1.16. The van der Waals surface area contributed by atoms with E-state index in [0.717, 1.165) is 6.26 Å². The van der Waals surface area contributed by atoms with E-state index in [1.807, 2.05) is 0 Å². The highest BCUT2D eigenvalue weighted by molar-refractivity contribution is 7.93. The van der Waals surface area contributed by atoms with Crippen molar-refractivity contribution in [2.24, 2.45) is 0 Å². The number of halogens is 1. The first kappa shape index (κ1) is 10.9. The van der Waals surface area contributed by atoms with Crippen LogP contribution in [0.4, 0.5) is 4.39 Å². The fourth-order valence-electron chi connectivity index (χ4n) is 1.10. The average molecular weight is 214 g/mol. The molecule has 0 saturated carbocycles. The Bertz CT molecular complexity index is 444. The maximum Gasteiger partial charge on any atom is 0.169 e. The van der Waals surface area contributed by atoms with Crippen LogP contribution in [0.3, 0.4) is 0 Å². The lowest BCUT2D eigenvalue weighted by molar-refractivity contribution is 0.610. The van der Waals surface area contributed by atoms with Crippen molar-refractivity contribution in [1.29, 1.82) is 0 Å². The number of benzene rings is 1. The minimum atomic E-state index is -3.14.